The van der Waals surface area contributed by atoms with Gasteiger partial charge >= 0.3 is 0 Å². The molecule has 2 heteroatoms. The van der Waals surface area contributed by atoms with E-state index in [4.69, 9.17) is 4.74 Å². The first kappa shape index (κ1) is 12.4. The zero-order chi connectivity index (χ0) is 12.4. The number of hydrogen-bond donors (Lipinski definition) is 1. The Balaban J connectivity index is 2.07. The van der Waals surface area contributed by atoms with Crippen LogP contribution in [0.2, 0.25) is 0 Å². The zero-order valence-electron chi connectivity index (χ0n) is 10.9. The maximum Gasteiger partial charge on any atom is 0.115 e. The van der Waals surface area contributed by atoms with Crippen LogP contribution < -0.4 is 0 Å². The van der Waals surface area contributed by atoms with E-state index in [0.29, 0.717) is 23.9 Å². The third-order valence-electron chi connectivity index (χ3n) is 3.79. The van der Waals surface area contributed by atoms with Gasteiger partial charge in [0.05, 0.1) is 12.2 Å². The molecule has 1 N–H and O–H groups in total. The van der Waals surface area contributed by atoms with Gasteiger partial charge in [-0.05, 0) is 55.4 Å². The van der Waals surface area contributed by atoms with Crippen molar-refractivity contribution in [3.8, 4) is 5.75 Å². The van der Waals surface area contributed by atoms with Crippen molar-refractivity contribution in [2.45, 2.75) is 58.2 Å². The van der Waals surface area contributed by atoms with Gasteiger partial charge in [0.2, 0.25) is 0 Å². The Morgan fingerprint density at radius 3 is 2.59 bits per heavy atom. The van der Waals surface area contributed by atoms with Crippen LogP contribution in [0.25, 0.3) is 0 Å². The second kappa shape index (κ2) is 5.09. The first-order valence-electron chi connectivity index (χ1n) is 6.60. The van der Waals surface area contributed by atoms with Crippen LogP contribution in [-0.2, 0) is 4.74 Å². The maximum absolute atomic E-state index is 9.44. The van der Waals surface area contributed by atoms with E-state index in [1.165, 1.54) is 11.1 Å². The highest BCUT2D eigenvalue weighted by molar-refractivity contribution is 5.36. The molecule has 2 rings (SSSR count). The minimum absolute atomic E-state index is 0.357. The lowest BCUT2D eigenvalue weighted by Gasteiger charge is -2.17. The van der Waals surface area contributed by atoms with Gasteiger partial charge in [-0.15, -0.1) is 0 Å². The minimum atomic E-state index is 0.357. The van der Waals surface area contributed by atoms with E-state index >= 15 is 0 Å². The highest BCUT2D eigenvalue weighted by Crippen LogP contribution is 2.37. The van der Waals surface area contributed by atoms with E-state index in [0.717, 1.165) is 19.3 Å². The van der Waals surface area contributed by atoms with E-state index in [2.05, 4.69) is 26.8 Å². The van der Waals surface area contributed by atoms with Crippen LogP contribution in [0.15, 0.2) is 18.2 Å². The molecule has 0 spiro atoms. The average Bonchev–Trinajstić information content (AvgIpc) is 3.05. The third kappa shape index (κ3) is 2.81. The van der Waals surface area contributed by atoms with Gasteiger partial charge in [0, 0.05) is 0 Å². The van der Waals surface area contributed by atoms with Crippen LogP contribution in [0.5, 0.6) is 5.75 Å². The first-order valence-corrected chi connectivity index (χ1v) is 6.60. The Labute approximate surface area is 104 Å². The average molecular weight is 234 g/mol. The molecule has 0 bridgehead atoms. The van der Waals surface area contributed by atoms with Gasteiger partial charge in [0.25, 0.3) is 0 Å². The number of rotatable bonds is 5. The summed E-state index contributed by atoms with van der Waals surface area (Å²) in [7, 11) is 0. The maximum atomic E-state index is 9.44. The predicted octanol–water partition coefficient (Wildman–Crippen LogP) is 3.76. The van der Waals surface area contributed by atoms with Crippen molar-refractivity contribution in [3.63, 3.8) is 0 Å². The SMILES string of the molecule is CCC(CC1OC1CC)c1ccc(O)cc1C. The van der Waals surface area contributed by atoms with Gasteiger partial charge in [-0.3, -0.25) is 0 Å². The molecule has 0 amide bonds. The number of epoxide rings is 1. The summed E-state index contributed by atoms with van der Waals surface area (Å²) in [6, 6.07) is 5.70. The molecule has 94 valence electrons. The van der Waals surface area contributed by atoms with E-state index in [1.807, 2.05) is 6.07 Å². The van der Waals surface area contributed by atoms with Crippen molar-refractivity contribution in [3.05, 3.63) is 29.3 Å². The molecule has 1 aromatic carbocycles. The predicted molar refractivity (Wildman–Crippen MR) is 69.4 cm³/mol. The number of phenolic OH excluding ortho intramolecular Hbond substituents is 1. The molecule has 1 aromatic rings. The largest absolute Gasteiger partial charge is 0.508 e. The number of ether oxygens (including phenoxy) is 1. The quantitative estimate of drug-likeness (QED) is 0.787. The fourth-order valence-corrected chi connectivity index (χ4v) is 2.66. The summed E-state index contributed by atoms with van der Waals surface area (Å²) in [5, 5.41) is 9.44. The molecular formula is C15H22O2. The van der Waals surface area contributed by atoms with Crippen molar-refractivity contribution in [2.24, 2.45) is 0 Å². The molecule has 3 unspecified atom stereocenters. The summed E-state index contributed by atoms with van der Waals surface area (Å²) < 4.78 is 5.63. The number of aromatic hydroxyl groups is 1. The number of phenols is 1. The molecule has 1 aliphatic rings. The van der Waals surface area contributed by atoms with E-state index in [9.17, 15) is 5.11 Å². The van der Waals surface area contributed by atoms with Crippen LogP contribution in [0.3, 0.4) is 0 Å². The lowest BCUT2D eigenvalue weighted by Crippen LogP contribution is -2.05. The molecule has 3 atom stereocenters. The third-order valence-corrected chi connectivity index (χ3v) is 3.79. The fraction of sp³-hybridized carbons (Fsp3) is 0.600. The molecule has 1 aliphatic heterocycles. The minimum Gasteiger partial charge on any atom is -0.508 e. The highest BCUT2D eigenvalue weighted by atomic mass is 16.6. The fourth-order valence-electron chi connectivity index (χ4n) is 2.66. The second-order valence-corrected chi connectivity index (χ2v) is 5.00. The van der Waals surface area contributed by atoms with Gasteiger partial charge in [0.1, 0.15) is 5.75 Å². The van der Waals surface area contributed by atoms with Crippen molar-refractivity contribution < 1.29 is 9.84 Å². The molecule has 0 radical (unpaired) electrons. The molecule has 0 saturated carbocycles. The summed E-state index contributed by atoms with van der Waals surface area (Å²) in [4.78, 5) is 0. The Kier molecular flexibility index (Phi) is 3.72. The first-order chi connectivity index (χ1) is 8.15. The van der Waals surface area contributed by atoms with Gasteiger partial charge in [0.15, 0.2) is 0 Å². The van der Waals surface area contributed by atoms with Crippen LogP contribution in [0.4, 0.5) is 0 Å². The Morgan fingerprint density at radius 2 is 2.06 bits per heavy atom. The molecule has 1 saturated heterocycles. The molecular weight excluding hydrogens is 212 g/mol. The van der Waals surface area contributed by atoms with E-state index in [1.54, 1.807) is 6.07 Å². The van der Waals surface area contributed by atoms with Crippen molar-refractivity contribution in [1.29, 1.82) is 0 Å². The zero-order valence-corrected chi connectivity index (χ0v) is 10.9. The van der Waals surface area contributed by atoms with Crippen LogP contribution in [0.1, 0.15) is 50.2 Å². The van der Waals surface area contributed by atoms with Crippen molar-refractivity contribution in [2.75, 3.05) is 0 Å². The van der Waals surface area contributed by atoms with Gasteiger partial charge in [-0.1, -0.05) is 19.9 Å². The molecule has 1 fully saturated rings. The summed E-state index contributed by atoms with van der Waals surface area (Å²) in [6.45, 7) is 6.47. The Hall–Kier alpha value is -1.02. The van der Waals surface area contributed by atoms with E-state index in [-0.39, 0.29) is 0 Å². The standard InChI is InChI=1S/C15H22O2/c1-4-11(9-15-14(5-2)17-15)13-7-6-12(16)8-10(13)3/h6-8,11,14-16H,4-5,9H2,1-3H3. The van der Waals surface area contributed by atoms with Crippen LogP contribution in [0, 0.1) is 6.92 Å². The topological polar surface area (TPSA) is 32.8 Å². The van der Waals surface area contributed by atoms with Gasteiger partial charge < -0.3 is 9.84 Å². The summed E-state index contributed by atoms with van der Waals surface area (Å²) in [5.41, 5.74) is 2.54. The molecule has 17 heavy (non-hydrogen) atoms. The normalized spacial score (nSPS) is 24.6. The second-order valence-electron chi connectivity index (χ2n) is 5.00. The lowest BCUT2D eigenvalue weighted by molar-refractivity contribution is 0.348. The van der Waals surface area contributed by atoms with Crippen molar-refractivity contribution in [1.82, 2.24) is 0 Å². The number of aryl methyl sites for hydroxylation is 1. The summed E-state index contributed by atoms with van der Waals surface area (Å²) >= 11 is 0. The highest BCUT2D eigenvalue weighted by Gasteiger charge is 2.38. The molecule has 0 aliphatic carbocycles. The van der Waals surface area contributed by atoms with Crippen molar-refractivity contribution >= 4 is 0 Å². The number of benzene rings is 1. The summed E-state index contributed by atoms with van der Waals surface area (Å²) in [5.74, 6) is 0.910. The van der Waals surface area contributed by atoms with Gasteiger partial charge in [-0.25, -0.2) is 0 Å². The van der Waals surface area contributed by atoms with Crippen LogP contribution >= 0.6 is 0 Å². The Morgan fingerprint density at radius 1 is 1.29 bits per heavy atom. The monoisotopic (exact) mass is 234 g/mol. The molecule has 1 heterocycles. The lowest BCUT2D eigenvalue weighted by atomic mass is 9.88. The van der Waals surface area contributed by atoms with E-state index < -0.39 is 0 Å². The van der Waals surface area contributed by atoms with Crippen LogP contribution in [-0.4, -0.2) is 17.3 Å². The Bertz CT molecular complexity index is 387. The number of hydrogen-bond acceptors (Lipinski definition) is 2. The van der Waals surface area contributed by atoms with Gasteiger partial charge in [-0.2, -0.15) is 0 Å². The molecule has 0 aromatic heterocycles. The molecule has 2 nitrogen and oxygen atoms in total. The summed E-state index contributed by atoms with van der Waals surface area (Å²) in [6.07, 6.45) is 4.30. The smallest absolute Gasteiger partial charge is 0.115 e.